The number of amides is 1. The average molecular weight is 353 g/mol. The summed E-state index contributed by atoms with van der Waals surface area (Å²) in [7, 11) is 0. The maximum atomic E-state index is 12.6. The second-order valence-corrected chi connectivity index (χ2v) is 7.22. The third-order valence-electron chi connectivity index (χ3n) is 4.50. The first-order valence-corrected chi connectivity index (χ1v) is 9.37. The molecular weight excluding hydrogens is 334 g/mol. The minimum atomic E-state index is 0.120. The monoisotopic (exact) mass is 353 g/mol. The normalized spacial score (nSPS) is 17.6. The molecule has 3 heterocycles. The van der Waals surface area contributed by atoms with Crippen LogP contribution in [0.4, 0.5) is 0 Å². The van der Waals surface area contributed by atoms with Crippen LogP contribution >= 0.6 is 11.3 Å². The van der Waals surface area contributed by atoms with Gasteiger partial charge in [-0.3, -0.25) is 4.79 Å². The van der Waals surface area contributed by atoms with Crippen LogP contribution < -0.4 is 0 Å². The summed E-state index contributed by atoms with van der Waals surface area (Å²) in [6.07, 6.45) is 2.38. The van der Waals surface area contributed by atoms with Gasteiger partial charge in [0.1, 0.15) is 0 Å². The van der Waals surface area contributed by atoms with Gasteiger partial charge in [0.25, 0.3) is 0 Å². The molecule has 1 saturated heterocycles. The third-order valence-corrected chi connectivity index (χ3v) is 5.37. The van der Waals surface area contributed by atoms with E-state index >= 15 is 0 Å². The summed E-state index contributed by atoms with van der Waals surface area (Å²) in [5.41, 5.74) is 1.05. The number of piperidine rings is 1. The van der Waals surface area contributed by atoms with Crippen molar-refractivity contribution in [3.63, 3.8) is 0 Å². The van der Waals surface area contributed by atoms with Gasteiger partial charge in [-0.15, -0.1) is 11.3 Å². The Morgan fingerprint density at radius 1 is 1.24 bits per heavy atom. The lowest BCUT2D eigenvalue weighted by molar-refractivity contribution is -0.131. The Hall–Kier alpha value is -2.47. The second kappa shape index (κ2) is 7.19. The zero-order chi connectivity index (χ0) is 17.1. The molecule has 1 aromatic carbocycles. The highest BCUT2D eigenvalue weighted by molar-refractivity contribution is 7.13. The Labute approximate surface area is 150 Å². The summed E-state index contributed by atoms with van der Waals surface area (Å²) in [6, 6.07) is 13.8. The fourth-order valence-electron chi connectivity index (χ4n) is 3.19. The molecule has 0 saturated carbocycles. The van der Waals surface area contributed by atoms with Crippen LogP contribution in [0.3, 0.4) is 0 Å². The number of benzene rings is 1. The molecular formula is C19H19N3O2S. The van der Waals surface area contributed by atoms with Crippen molar-refractivity contribution in [2.24, 2.45) is 0 Å². The summed E-state index contributed by atoms with van der Waals surface area (Å²) < 4.78 is 5.48. The van der Waals surface area contributed by atoms with Gasteiger partial charge in [-0.05, 0) is 29.9 Å². The fourth-order valence-corrected chi connectivity index (χ4v) is 3.84. The van der Waals surface area contributed by atoms with E-state index in [0.717, 1.165) is 29.8 Å². The minimum Gasteiger partial charge on any atom is -0.342 e. The predicted octanol–water partition coefficient (Wildman–Crippen LogP) is 3.75. The number of hydrogen-bond donors (Lipinski definition) is 0. The molecule has 4 rings (SSSR count). The number of rotatable bonds is 4. The molecule has 3 aromatic rings. The van der Waals surface area contributed by atoms with E-state index in [1.165, 1.54) is 0 Å². The smallest absolute Gasteiger partial charge is 0.231 e. The van der Waals surface area contributed by atoms with Crippen molar-refractivity contribution in [1.29, 1.82) is 0 Å². The summed E-state index contributed by atoms with van der Waals surface area (Å²) in [4.78, 5) is 20.1. The molecule has 0 unspecified atom stereocenters. The first-order valence-electron chi connectivity index (χ1n) is 8.49. The Balaban J connectivity index is 1.43. The minimum absolute atomic E-state index is 0.120. The fraction of sp³-hybridized carbons (Fsp3) is 0.316. The molecule has 1 amide bonds. The lowest BCUT2D eigenvalue weighted by atomic mass is 9.97. The topological polar surface area (TPSA) is 59.2 Å². The van der Waals surface area contributed by atoms with E-state index in [1.807, 2.05) is 52.7 Å². The molecule has 0 radical (unpaired) electrons. The Morgan fingerprint density at radius 2 is 2.12 bits per heavy atom. The number of carbonyl (C=O) groups is 1. The molecule has 0 spiro atoms. The molecule has 1 aliphatic heterocycles. The second-order valence-electron chi connectivity index (χ2n) is 6.27. The Bertz CT molecular complexity index is 829. The van der Waals surface area contributed by atoms with Gasteiger partial charge in [-0.1, -0.05) is 41.6 Å². The number of hydrogen-bond acceptors (Lipinski definition) is 5. The zero-order valence-corrected chi connectivity index (χ0v) is 14.6. The molecule has 5 nitrogen and oxygen atoms in total. The SMILES string of the molecule is O=C(Cc1ccccc1)N1CCC[C@H](c2nc(-c3cccs3)no2)C1. The molecule has 0 aliphatic carbocycles. The molecule has 1 fully saturated rings. The van der Waals surface area contributed by atoms with Crippen LogP contribution in [0.2, 0.25) is 0 Å². The van der Waals surface area contributed by atoms with E-state index in [9.17, 15) is 4.79 Å². The largest absolute Gasteiger partial charge is 0.342 e. The van der Waals surface area contributed by atoms with Crippen LogP contribution in [0.5, 0.6) is 0 Å². The average Bonchev–Trinajstić information content (AvgIpc) is 3.34. The van der Waals surface area contributed by atoms with E-state index < -0.39 is 0 Å². The molecule has 0 bridgehead atoms. The Kier molecular flexibility index (Phi) is 4.61. The highest BCUT2D eigenvalue weighted by Gasteiger charge is 2.28. The van der Waals surface area contributed by atoms with Crippen LogP contribution in [0.15, 0.2) is 52.4 Å². The lowest BCUT2D eigenvalue weighted by Gasteiger charge is -2.31. The molecule has 1 aliphatic rings. The molecule has 0 N–H and O–H groups in total. The summed E-state index contributed by atoms with van der Waals surface area (Å²) in [5.74, 6) is 1.56. The zero-order valence-electron chi connectivity index (χ0n) is 13.8. The molecule has 25 heavy (non-hydrogen) atoms. The van der Waals surface area contributed by atoms with E-state index in [0.29, 0.717) is 24.7 Å². The van der Waals surface area contributed by atoms with Gasteiger partial charge in [-0.25, -0.2) is 0 Å². The number of carbonyl (C=O) groups excluding carboxylic acids is 1. The maximum absolute atomic E-state index is 12.6. The number of nitrogens with zero attached hydrogens (tertiary/aromatic N) is 3. The van der Waals surface area contributed by atoms with Crippen molar-refractivity contribution >= 4 is 17.2 Å². The van der Waals surface area contributed by atoms with Gasteiger partial charge in [0.05, 0.1) is 17.2 Å². The number of thiophene rings is 1. The van der Waals surface area contributed by atoms with Crippen LogP contribution in [0.25, 0.3) is 10.7 Å². The Morgan fingerprint density at radius 3 is 2.92 bits per heavy atom. The van der Waals surface area contributed by atoms with Gasteiger partial charge in [-0.2, -0.15) is 4.98 Å². The first kappa shape index (κ1) is 16.0. The van der Waals surface area contributed by atoms with Gasteiger partial charge in [0.15, 0.2) is 0 Å². The summed E-state index contributed by atoms with van der Waals surface area (Å²) in [6.45, 7) is 1.45. The molecule has 2 aromatic heterocycles. The van der Waals surface area contributed by atoms with Crippen molar-refractivity contribution in [3.05, 3.63) is 59.3 Å². The quantitative estimate of drug-likeness (QED) is 0.717. The maximum Gasteiger partial charge on any atom is 0.231 e. The van der Waals surface area contributed by atoms with E-state index in [2.05, 4.69) is 10.1 Å². The van der Waals surface area contributed by atoms with Crippen LogP contribution in [0.1, 0.15) is 30.2 Å². The summed E-state index contributed by atoms with van der Waals surface area (Å²) >= 11 is 1.59. The van der Waals surface area contributed by atoms with Crippen molar-refractivity contribution in [3.8, 4) is 10.7 Å². The van der Waals surface area contributed by atoms with E-state index in [1.54, 1.807) is 11.3 Å². The van der Waals surface area contributed by atoms with E-state index in [-0.39, 0.29) is 11.8 Å². The molecule has 1 atom stereocenters. The summed E-state index contributed by atoms with van der Waals surface area (Å²) in [5, 5.41) is 6.09. The number of aromatic nitrogens is 2. The lowest BCUT2D eigenvalue weighted by Crippen LogP contribution is -2.40. The van der Waals surface area contributed by atoms with Crippen molar-refractivity contribution in [2.45, 2.75) is 25.2 Å². The van der Waals surface area contributed by atoms with E-state index in [4.69, 9.17) is 4.52 Å². The van der Waals surface area contributed by atoms with Crippen LogP contribution in [0, 0.1) is 0 Å². The molecule has 128 valence electrons. The first-order chi connectivity index (χ1) is 12.3. The van der Waals surface area contributed by atoms with Crippen molar-refractivity contribution in [2.75, 3.05) is 13.1 Å². The predicted molar refractivity (Wildman–Crippen MR) is 96.3 cm³/mol. The molecule has 6 heteroatoms. The van der Waals surface area contributed by atoms with Gasteiger partial charge < -0.3 is 9.42 Å². The standard InChI is InChI=1S/C19H19N3O2S/c23-17(12-14-6-2-1-3-7-14)22-10-4-8-15(13-22)19-20-18(21-24-19)16-9-5-11-25-16/h1-3,5-7,9,11,15H,4,8,10,12-13H2/t15-/m0/s1. The van der Waals surface area contributed by atoms with Crippen molar-refractivity contribution in [1.82, 2.24) is 15.0 Å². The van der Waals surface area contributed by atoms with Crippen molar-refractivity contribution < 1.29 is 9.32 Å². The number of likely N-dealkylation sites (tertiary alicyclic amines) is 1. The van der Waals surface area contributed by atoms with Gasteiger partial charge in [0.2, 0.25) is 17.6 Å². The van der Waals surface area contributed by atoms with Gasteiger partial charge in [0, 0.05) is 13.1 Å². The third kappa shape index (κ3) is 3.64. The van der Waals surface area contributed by atoms with Crippen LogP contribution in [-0.2, 0) is 11.2 Å². The van der Waals surface area contributed by atoms with Crippen LogP contribution in [-0.4, -0.2) is 34.0 Å². The highest BCUT2D eigenvalue weighted by atomic mass is 32.1. The van der Waals surface area contributed by atoms with Gasteiger partial charge >= 0.3 is 0 Å². The highest BCUT2D eigenvalue weighted by Crippen LogP contribution is 2.29.